The van der Waals surface area contributed by atoms with Gasteiger partial charge in [0.05, 0.1) is 20.6 Å². The van der Waals surface area contributed by atoms with Gasteiger partial charge in [0.1, 0.15) is 0 Å². The van der Waals surface area contributed by atoms with E-state index in [1.165, 1.54) is 0 Å². The van der Waals surface area contributed by atoms with Crippen molar-refractivity contribution in [2.45, 2.75) is 29.4 Å². The summed E-state index contributed by atoms with van der Waals surface area (Å²) in [4.78, 5) is 6.01. The first-order valence-electron chi connectivity index (χ1n) is 8.87. The molecule has 0 saturated heterocycles. The Bertz CT molecular complexity index is 992. The largest absolute Gasteiger partial charge is 0.249 e. The van der Waals surface area contributed by atoms with E-state index in [0.29, 0.717) is 0 Å². The van der Waals surface area contributed by atoms with E-state index < -0.39 is 10.8 Å². The molecule has 0 spiro atoms. The van der Waals surface area contributed by atoms with E-state index in [9.17, 15) is 4.21 Å². The SMILES string of the molecule is O=S(c1ccccc1Sc1ccccc1)c1ccccc1Sc1ccccc1. The van der Waals surface area contributed by atoms with Gasteiger partial charge < -0.3 is 0 Å². The van der Waals surface area contributed by atoms with Gasteiger partial charge in [-0.25, -0.2) is 4.21 Å². The van der Waals surface area contributed by atoms with Crippen molar-refractivity contribution in [2.24, 2.45) is 0 Å². The Morgan fingerprint density at radius 3 is 1.25 bits per heavy atom. The summed E-state index contributed by atoms with van der Waals surface area (Å²) < 4.78 is 13.6. The predicted molar refractivity (Wildman–Crippen MR) is 119 cm³/mol. The van der Waals surface area contributed by atoms with E-state index in [0.717, 1.165) is 29.4 Å². The van der Waals surface area contributed by atoms with E-state index in [4.69, 9.17) is 0 Å². The summed E-state index contributed by atoms with van der Waals surface area (Å²) >= 11 is 3.29. The summed E-state index contributed by atoms with van der Waals surface area (Å²) in [5.74, 6) is 0. The summed E-state index contributed by atoms with van der Waals surface area (Å²) in [5.41, 5.74) is 0. The molecule has 0 aliphatic carbocycles. The van der Waals surface area contributed by atoms with Gasteiger partial charge in [-0.15, -0.1) is 0 Å². The van der Waals surface area contributed by atoms with Gasteiger partial charge >= 0.3 is 0 Å². The molecule has 0 N–H and O–H groups in total. The zero-order valence-electron chi connectivity index (χ0n) is 15.0. The minimum atomic E-state index is -1.26. The molecule has 0 unspecified atom stereocenters. The molecule has 4 heteroatoms. The van der Waals surface area contributed by atoms with Crippen LogP contribution in [0.1, 0.15) is 0 Å². The van der Waals surface area contributed by atoms with Crippen LogP contribution in [0.4, 0.5) is 0 Å². The average molecular weight is 419 g/mol. The highest BCUT2D eigenvalue weighted by Gasteiger charge is 2.16. The molecule has 28 heavy (non-hydrogen) atoms. The molecule has 138 valence electrons. The van der Waals surface area contributed by atoms with Crippen LogP contribution in [0.2, 0.25) is 0 Å². The van der Waals surface area contributed by atoms with Crippen LogP contribution in [-0.2, 0) is 10.8 Å². The normalized spacial score (nSPS) is 10.9. The second-order valence-electron chi connectivity index (χ2n) is 5.99. The van der Waals surface area contributed by atoms with Gasteiger partial charge in [-0.05, 0) is 48.5 Å². The van der Waals surface area contributed by atoms with E-state index in [-0.39, 0.29) is 0 Å². The Labute approximate surface area is 176 Å². The smallest absolute Gasteiger partial charge is 0.0872 e. The number of benzene rings is 4. The third-order valence-electron chi connectivity index (χ3n) is 4.04. The Balaban J connectivity index is 1.67. The fraction of sp³-hybridized carbons (Fsp3) is 0. The molecule has 0 heterocycles. The van der Waals surface area contributed by atoms with E-state index >= 15 is 0 Å². The fourth-order valence-corrected chi connectivity index (χ4v) is 6.30. The molecule has 4 aromatic rings. The van der Waals surface area contributed by atoms with Gasteiger partial charge in [-0.2, -0.15) is 0 Å². The van der Waals surface area contributed by atoms with Crippen molar-refractivity contribution >= 4 is 34.3 Å². The fourth-order valence-electron chi connectivity index (χ4n) is 2.72. The lowest BCUT2D eigenvalue weighted by Crippen LogP contribution is -1.97. The Kier molecular flexibility index (Phi) is 6.32. The van der Waals surface area contributed by atoms with Crippen LogP contribution in [0.3, 0.4) is 0 Å². The van der Waals surface area contributed by atoms with Crippen LogP contribution in [0.25, 0.3) is 0 Å². The minimum absolute atomic E-state index is 0.845. The van der Waals surface area contributed by atoms with Crippen molar-refractivity contribution in [2.75, 3.05) is 0 Å². The molecule has 0 fully saturated rings. The lowest BCUT2D eigenvalue weighted by molar-refractivity contribution is 0.680. The second kappa shape index (κ2) is 9.28. The zero-order chi connectivity index (χ0) is 19.2. The highest BCUT2D eigenvalue weighted by molar-refractivity contribution is 8.00. The molecule has 0 aromatic heterocycles. The Morgan fingerprint density at radius 2 is 0.821 bits per heavy atom. The lowest BCUT2D eigenvalue weighted by Gasteiger charge is -2.12. The molecule has 0 bridgehead atoms. The maximum absolute atomic E-state index is 13.6. The van der Waals surface area contributed by atoms with Gasteiger partial charge in [0.15, 0.2) is 0 Å². The van der Waals surface area contributed by atoms with Crippen molar-refractivity contribution in [3.63, 3.8) is 0 Å². The third kappa shape index (κ3) is 4.58. The predicted octanol–water partition coefficient (Wildman–Crippen LogP) is 7.16. The monoisotopic (exact) mass is 418 g/mol. The second-order valence-corrected chi connectivity index (χ2v) is 9.64. The molecular formula is C24H18OS3. The van der Waals surface area contributed by atoms with Crippen LogP contribution in [-0.4, -0.2) is 4.21 Å². The Hall–Kier alpha value is -2.27. The van der Waals surface area contributed by atoms with E-state index in [2.05, 4.69) is 24.3 Å². The molecule has 0 radical (unpaired) electrons. The summed E-state index contributed by atoms with van der Waals surface area (Å²) in [5, 5.41) is 0. The van der Waals surface area contributed by atoms with Crippen LogP contribution < -0.4 is 0 Å². The molecule has 0 aliphatic heterocycles. The first-order chi connectivity index (χ1) is 13.8. The first-order valence-corrected chi connectivity index (χ1v) is 11.7. The highest BCUT2D eigenvalue weighted by Crippen LogP contribution is 2.37. The van der Waals surface area contributed by atoms with Crippen molar-refractivity contribution in [1.29, 1.82) is 0 Å². The molecule has 4 rings (SSSR count). The van der Waals surface area contributed by atoms with Crippen molar-refractivity contribution in [3.05, 3.63) is 109 Å². The quantitative estimate of drug-likeness (QED) is 0.331. The maximum atomic E-state index is 13.6. The van der Waals surface area contributed by atoms with Gasteiger partial charge in [0.2, 0.25) is 0 Å². The van der Waals surface area contributed by atoms with Crippen LogP contribution in [0.5, 0.6) is 0 Å². The zero-order valence-corrected chi connectivity index (χ0v) is 17.5. The number of rotatable bonds is 6. The van der Waals surface area contributed by atoms with Crippen molar-refractivity contribution in [1.82, 2.24) is 0 Å². The van der Waals surface area contributed by atoms with E-state index in [1.54, 1.807) is 23.5 Å². The minimum Gasteiger partial charge on any atom is -0.249 e. The van der Waals surface area contributed by atoms with Gasteiger partial charge in [0.25, 0.3) is 0 Å². The lowest BCUT2D eigenvalue weighted by atomic mass is 10.4. The summed E-state index contributed by atoms with van der Waals surface area (Å²) in [6.45, 7) is 0. The van der Waals surface area contributed by atoms with Crippen LogP contribution in [0.15, 0.2) is 139 Å². The van der Waals surface area contributed by atoms with Crippen LogP contribution in [0, 0.1) is 0 Å². The average Bonchev–Trinajstić information content (AvgIpc) is 2.76. The van der Waals surface area contributed by atoms with Crippen molar-refractivity contribution < 1.29 is 4.21 Å². The molecule has 4 aromatic carbocycles. The maximum Gasteiger partial charge on any atom is 0.0872 e. The summed E-state index contributed by atoms with van der Waals surface area (Å²) in [6.07, 6.45) is 0. The molecule has 0 atom stereocenters. The summed E-state index contributed by atoms with van der Waals surface area (Å²) in [7, 11) is -1.26. The van der Waals surface area contributed by atoms with Gasteiger partial charge in [0, 0.05) is 19.6 Å². The highest BCUT2D eigenvalue weighted by atomic mass is 32.2. The van der Waals surface area contributed by atoms with Crippen molar-refractivity contribution in [3.8, 4) is 0 Å². The van der Waals surface area contributed by atoms with Crippen LogP contribution >= 0.6 is 23.5 Å². The summed E-state index contributed by atoms with van der Waals surface area (Å²) in [6, 6.07) is 36.3. The molecule has 0 aliphatic rings. The molecule has 1 nitrogen and oxygen atoms in total. The Morgan fingerprint density at radius 1 is 0.464 bits per heavy atom. The topological polar surface area (TPSA) is 17.1 Å². The van der Waals surface area contributed by atoms with E-state index in [1.807, 2.05) is 84.9 Å². The van der Waals surface area contributed by atoms with Gasteiger partial charge in [-0.1, -0.05) is 84.2 Å². The number of hydrogen-bond donors (Lipinski definition) is 0. The molecule has 0 amide bonds. The third-order valence-corrected chi connectivity index (χ3v) is 7.98. The first kappa shape index (κ1) is 19.1. The standard InChI is InChI=1S/C24H18OS3/c25-28(23-17-9-7-15-21(23)26-19-11-3-1-4-12-19)24-18-10-8-16-22(24)27-20-13-5-2-6-14-20/h1-18H. The number of hydrogen-bond acceptors (Lipinski definition) is 3. The molecular weight excluding hydrogens is 400 g/mol. The van der Waals surface area contributed by atoms with Gasteiger partial charge in [-0.3, -0.25) is 0 Å². The molecule has 0 saturated carbocycles.